The van der Waals surface area contributed by atoms with Gasteiger partial charge in [0.1, 0.15) is 17.1 Å². The highest BCUT2D eigenvalue weighted by atomic mass is 16.5. The third kappa shape index (κ3) is 3.22. The summed E-state index contributed by atoms with van der Waals surface area (Å²) >= 11 is 0. The number of benzene rings is 1. The van der Waals surface area contributed by atoms with Crippen LogP contribution in [0.15, 0.2) is 54.9 Å². The van der Waals surface area contributed by atoms with Gasteiger partial charge in [0, 0.05) is 25.5 Å². The van der Waals surface area contributed by atoms with E-state index in [0.29, 0.717) is 22.8 Å². The summed E-state index contributed by atoms with van der Waals surface area (Å²) < 4.78 is 7.83. The van der Waals surface area contributed by atoms with Gasteiger partial charge in [-0.2, -0.15) is 0 Å². The van der Waals surface area contributed by atoms with E-state index in [4.69, 9.17) is 4.74 Å². The molecule has 2 aliphatic rings. The molecule has 0 bridgehead atoms. The van der Waals surface area contributed by atoms with Crippen molar-refractivity contribution in [3.05, 3.63) is 60.6 Å². The molecule has 29 heavy (non-hydrogen) atoms. The summed E-state index contributed by atoms with van der Waals surface area (Å²) in [6.45, 7) is 1.68. The molecule has 0 saturated carbocycles. The zero-order chi connectivity index (χ0) is 19.8. The van der Waals surface area contributed by atoms with Crippen molar-refractivity contribution in [1.29, 1.82) is 0 Å². The number of ether oxygens (including phenoxy) is 1. The largest absolute Gasteiger partial charge is 0.476 e. The number of rotatable bonds is 2. The number of likely N-dealkylation sites (tertiary alicyclic amines) is 1. The summed E-state index contributed by atoms with van der Waals surface area (Å²) in [5, 5.41) is 0. The van der Waals surface area contributed by atoms with Gasteiger partial charge in [0.2, 0.25) is 0 Å². The zero-order valence-electron chi connectivity index (χ0n) is 16.0. The second-order valence-electron chi connectivity index (χ2n) is 7.47. The highest BCUT2D eigenvalue weighted by Gasteiger charge is 2.37. The number of hydrogen-bond acceptors (Lipinski definition) is 4. The van der Waals surface area contributed by atoms with Crippen LogP contribution in [-0.2, 0) is 4.79 Å². The molecule has 1 atom stereocenters. The van der Waals surface area contributed by atoms with Crippen molar-refractivity contribution < 1.29 is 14.3 Å². The summed E-state index contributed by atoms with van der Waals surface area (Å²) in [6, 6.07) is 13.0. The predicted octanol–water partition coefficient (Wildman–Crippen LogP) is 2.75. The van der Waals surface area contributed by atoms with E-state index in [0.717, 1.165) is 32.4 Å². The Balaban J connectivity index is 1.47. The normalized spacial score (nSPS) is 19.0. The molecule has 2 aromatic heterocycles. The molecule has 1 fully saturated rings. The van der Waals surface area contributed by atoms with Crippen molar-refractivity contribution in [1.82, 2.24) is 14.3 Å². The number of carbonyl (C=O) groups excluding carboxylic acids is 2. The third-order valence-corrected chi connectivity index (χ3v) is 5.55. The minimum atomic E-state index is -0.705. The summed E-state index contributed by atoms with van der Waals surface area (Å²) in [7, 11) is 0. The van der Waals surface area contributed by atoms with Crippen molar-refractivity contribution in [3.8, 4) is 5.75 Å². The molecule has 3 aromatic rings. The van der Waals surface area contributed by atoms with Gasteiger partial charge in [0.15, 0.2) is 6.10 Å². The average Bonchev–Trinajstić information content (AvgIpc) is 3.22. The van der Waals surface area contributed by atoms with Crippen LogP contribution in [0.3, 0.4) is 0 Å². The highest BCUT2D eigenvalue weighted by molar-refractivity contribution is 6.07. The Morgan fingerprint density at radius 1 is 1.00 bits per heavy atom. The first-order valence-corrected chi connectivity index (χ1v) is 10.0. The molecule has 0 N–H and O–H groups in total. The van der Waals surface area contributed by atoms with E-state index in [1.54, 1.807) is 17.2 Å². The number of imidazole rings is 1. The van der Waals surface area contributed by atoms with Crippen molar-refractivity contribution in [2.24, 2.45) is 0 Å². The standard InChI is InChI=1S/C22H22N4O3/c27-21(16-14-25-13-7-4-10-20(25)23-16)26-15-19(22(28)24-11-5-1-6-12-24)29-18-9-3-2-8-17(18)26/h2-4,7-10,13-14,19H,1,5-6,11-12,15H2/t19-/m1/s1. The van der Waals surface area contributed by atoms with Crippen LogP contribution >= 0.6 is 0 Å². The second kappa shape index (κ2) is 7.24. The molecule has 1 aromatic carbocycles. The van der Waals surface area contributed by atoms with Crippen molar-refractivity contribution >= 4 is 23.1 Å². The molecule has 148 valence electrons. The van der Waals surface area contributed by atoms with Crippen LogP contribution in [0.2, 0.25) is 0 Å². The van der Waals surface area contributed by atoms with E-state index in [9.17, 15) is 9.59 Å². The van der Waals surface area contributed by atoms with Crippen molar-refractivity contribution in [2.75, 3.05) is 24.5 Å². The van der Waals surface area contributed by atoms with E-state index in [2.05, 4.69) is 4.98 Å². The van der Waals surface area contributed by atoms with Gasteiger partial charge in [-0.1, -0.05) is 18.2 Å². The van der Waals surface area contributed by atoms with E-state index in [1.165, 1.54) is 0 Å². The Bertz CT molecular complexity index is 1040. The van der Waals surface area contributed by atoms with Gasteiger partial charge >= 0.3 is 0 Å². The lowest BCUT2D eigenvalue weighted by Crippen LogP contribution is -2.52. The quantitative estimate of drug-likeness (QED) is 0.675. The Kier molecular flexibility index (Phi) is 4.42. The molecule has 2 aliphatic heterocycles. The molecule has 2 amide bonds. The van der Waals surface area contributed by atoms with Crippen LogP contribution in [-0.4, -0.2) is 51.8 Å². The first-order chi connectivity index (χ1) is 14.2. The molecule has 0 radical (unpaired) electrons. The van der Waals surface area contributed by atoms with Gasteiger partial charge in [-0.3, -0.25) is 14.5 Å². The van der Waals surface area contributed by atoms with Crippen molar-refractivity contribution in [3.63, 3.8) is 0 Å². The summed E-state index contributed by atoms with van der Waals surface area (Å²) in [5.41, 5.74) is 1.72. The van der Waals surface area contributed by atoms with Gasteiger partial charge in [-0.05, 0) is 43.5 Å². The van der Waals surface area contributed by atoms with Gasteiger partial charge in [-0.15, -0.1) is 0 Å². The molecule has 0 spiro atoms. The maximum absolute atomic E-state index is 13.3. The predicted molar refractivity (Wildman–Crippen MR) is 108 cm³/mol. The fourth-order valence-electron chi connectivity index (χ4n) is 4.05. The van der Waals surface area contributed by atoms with Gasteiger partial charge in [-0.25, -0.2) is 4.98 Å². The molecule has 7 nitrogen and oxygen atoms in total. The summed E-state index contributed by atoms with van der Waals surface area (Å²) in [5.74, 6) is 0.263. The first-order valence-electron chi connectivity index (χ1n) is 10.0. The summed E-state index contributed by atoms with van der Waals surface area (Å²) in [6.07, 6.45) is 6.05. The number of pyridine rings is 1. The lowest BCUT2D eigenvalue weighted by molar-refractivity contribution is -0.139. The smallest absolute Gasteiger partial charge is 0.278 e. The molecule has 7 heteroatoms. The second-order valence-corrected chi connectivity index (χ2v) is 7.47. The number of carbonyl (C=O) groups is 2. The fraction of sp³-hybridized carbons (Fsp3) is 0.318. The molecule has 1 saturated heterocycles. The minimum Gasteiger partial charge on any atom is -0.476 e. The van der Waals surface area contributed by atoms with Gasteiger partial charge in [0.25, 0.3) is 11.8 Å². The molecular formula is C22H22N4O3. The molecule has 5 rings (SSSR count). The Morgan fingerprint density at radius 3 is 2.62 bits per heavy atom. The van der Waals surface area contributed by atoms with Gasteiger partial charge < -0.3 is 14.0 Å². The third-order valence-electron chi connectivity index (χ3n) is 5.55. The number of hydrogen-bond donors (Lipinski definition) is 0. The molecule has 0 aliphatic carbocycles. The van der Waals surface area contributed by atoms with Crippen LogP contribution in [0.1, 0.15) is 29.8 Å². The average molecular weight is 390 g/mol. The Hall–Kier alpha value is -3.35. The lowest BCUT2D eigenvalue weighted by atomic mass is 10.1. The maximum Gasteiger partial charge on any atom is 0.278 e. The number of fused-ring (bicyclic) bond motifs is 2. The van der Waals surface area contributed by atoms with Crippen LogP contribution in [0, 0.1) is 0 Å². The maximum atomic E-state index is 13.3. The van der Waals surface area contributed by atoms with Crippen LogP contribution in [0.5, 0.6) is 5.75 Å². The SMILES string of the molecule is O=C([C@H]1CN(C(=O)c2cn3ccccc3n2)c2ccccc2O1)N1CCCCC1. The van der Waals surface area contributed by atoms with Crippen LogP contribution in [0.25, 0.3) is 5.65 Å². The number of piperidine rings is 1. The number of nitrogens with zero attached hydrogens (tertiary/aromatic N) is 4. The minimum absolute atomic E-state index is 0.0491. The van der Waals surface area contributed by atoms with Crippen LogP contribution in [0.4, 0.5) is 5.69 Å². The lowest BCUT2D eigenvalue weighted by Gasteiger charge is -2.37. The van der Waals surface area contributed by atoms with Crippen LogP contribution < -0.4 is 9.64 Å². The zero-order valence-corrected chi connectivity index (χ0v) is 16.0. The van der Waals surface area contributed by atoms with Crippen molar-refractivity contribution in [2.45, 2.75) is 25.4 Å². The topological polar surface area (TPSA) is 67.2 Å². The van der Waals surface area contributed by atoms with E-state index >= 15 is 0 Å². The molecule has 0 unspecified atom stereocenters. The summed E-state index contributed by atoms with van der Waals surface area (Å²) in [4.78, 5) is 34.3. The number of para-hydroxylation sites is 2. The van der Waals surface area contributed by atoms with E-state index < -0.39 is 6.10 Å². The fourth-order valence-corrected chi connectivity index (χ4v) is 4.05. The van der Waals surface area contributed by atoms with E-state index in [1.807, 2.05) is 51.9 Å². The Labute approximate surface area is 168 Å². The van der Waals surface area contributed by atoms with Gasteiger partial charge in [0.05, 0.1) is 12.2 Å². The first kappa shape index (κ1) is 17.7. The highest BCUT2D eigenvalue weighted by Crippen LogP contribution is 2.34. The van der Waals surface area contributed by atoms with E-state index in [-0.39, 0.29) is 18.4 Å². The number of aromatic nitrogens is 2. The Morgan fingerprint density at radius 2 is 1.79 bits per heavy atom. The number of anilines is 1. The molecule has 4 heterocycles. The number of amides is 2. The monoisotopic (exact) mass is 390 g/mol. The molecular weight excluding hydrogens is 368 g/mol.